The molecule has 5 heteroatoms. The second-order valence-corrected chi connectivity index (χ2v) is 8.65. The summed E-state index contributed by atoms with van der Waals surface area (Å²) < 4.78 is 7.67. The molecule has 0 N–H and O–H groups in total. The molecular weight excluding hydrogens is 404 g/mol. The van der Waals surface area contributed by atoms with Crippen LogP contribution in [0.3, 0.4) is 0 Å². The van der Waals surface area contributed by atoms with Gasteiger partial charge >= 0.3 is 5.97 Å². The van der Waals surface area contributed by atoms with E-state index in [4.69, 9.17) is 9.84 Å². The summed E-state index contributed by atoms with van der Waals surface area (Å²) in [6.07, 6.45) is 0. The van der Waals surface area contributed by atoms with E-state index in [0.717, 1.165) is 32.3 Å². The van der Waals surface area contributed by atoms with Crippen molar-refractivity contribution in [2.24, 2.45) is 0 Å². The summed E-state index contributed by atoms with van der Waals surface area (Å²) in [5.74, 6) is 0.0310. The van der Waals surface area contributed by atoms with Crippen molar-refractivity contribution >= 4 is 17.7 Å². The maximum atomic E-state index is 13.0. The molecule has 31 heavy (non-hydrogen) atoms. The summed E-state index contributed by atoms with van der Waals surface area (Å²) in [4.78, 5) is 14.9. The van der Waals surface area contributed by atoms with Gasteiger partial charge in [0.1, 0.15) is 0 Å². The lowest BCUT2D eigenvalue weighted by Crippen LogP contribution is -2.12. The Labute approximate surface area is 186 Å². The number of hydrogen-bond acceptors (Lipinski definition) is 4. The van der Waals surface area contributed by atoms with E-state index < -0.39 is 5.97 Å². The summed E-state index contributed by atoms with van der Waals surface area (Å²) >= 11 is 1.55. The van der Waals surface area contributed by atoms with E-state index in [1.807, 2.05) is 63.2 Å². The van der Waals surface area contributed by atoms with E-state index in [1.165, 1.54) is 5.56 Å². The number of hydrogen-bond donors (Lipinski definition) is 0. The van der Waals surface area contributed by atoms with Crippen molar-refractivity contribution < 1.29 is 9.53 Å². The normalized spacial score (nSPS) is 10.8. The fraction of sp³-hybridized carbons (Fsp3) is 0.154. The zero-order valence-electron chi connectivity index (χ0n) is 18.0. The molecule has 0 aliphatic rings. The first kappa shape index (κ1) is 20.9. The van der Waals surface area contributed by atoms with E-state index in [2.05, 4.69) is 31.2 Å². The molecule has 1 heterocycles. The SMILES string of the molecule is Cc1ccc(Sc2c(C)nn(-c3ccccc3)c2OC(=O)c2ccc(C)c(C)c2)cc1. The molecule has 4 rings (SSSR count). The van der Waals surface area contributed by atoms with Crippen LogP contribution >= 0.6 is 11.8 Å². The van der Waals surface area contributed by atoms with Crippen molar-refractivity contribution in [3.05, 3.63) is 101 Å². The molecular formula is C26H24N2O2S. The van der Waals surface area contributed by atoms with Gasteiger partial charge in [-0.05, 0) is 75.2 Å². The lowest BCUT2D eigenvalue weighted by Gasteiger charge is -2.11. The molecule has 0 aliphatic heterocycles. The van der Waals surface area contributed by atoms with Gasteiger partial charge in [-0.2, -0.15) is 9.78 Å². The zero-order chi connectivity index (χ0) is 22.0. The van der Waals surface area contributed by atoms with Crippen molar-refractivity contribution in [3.8, 4) is 11.6 Å². The van der Waals surface area contributed by atoms with Crippen LogP contribution in [0.15, 0.2) is 82.6 Å². The van der Waals surface area contributed by atoms with Gasteiger partial charge in [0, 0.05) is 4.90 Å². The molecule has 0 amide bonds. The third-order valence-corrected chi connectivity index (χ3v) is 6.32. The number of nitrogens with zero attached hydrogens (tertiary/aromatic N) is 2. The Morgan fingerprint density at radius 3 is 2.26 bits per heavy atom. The summed E-state index contributed by atoms with van der Waals surface area (Å²) in [5.41, 5.74) is 5.55. The minimum Gasteiger partial charge on any atom is -0.402 e. The zero-order valence-corrected chi connectivity index (χ0v) is 18.9. The number of aryl methyl sites for hydroxylation is 4. The fourth-order valence-electron chi connectivity index (χ4n) is 3.18. The smallest absolute Gasteiger partial charge is 0.344 e. The average Bonchev–Trinajstić information content (AvgIpc) is 3.07. The monoisotopic (exact) mass is 428 g/mol. The van der Waals surface area contributed by atoms with Crippen LogP contribution in [0, 0.1) is 27.7 Å². The maximum Gasteiger partial charge on any atom is 0.344 e. The molecule has 0 atom stereocenters. The largest absolute Gasteiger partial charge is 0.402 e. The van der Waals surface area contributed by atoms with Gasteiger partial charge in [0.2, 0.25) is 5.88 Å². The topological polar surface area (TPSA) is 44.1 Å². The third kappa shape index (κ3) is 4.57. The fourth-order valence-corrected chi connectivity index (χ4v) is 4.09. The Morgan fingerprint density at radius 1 is 0.871 bits per heavy atom. The maximum absolute atomic E-state index is 13.0. The van der Waals surface area contributed by atoms with Gasteiger partial charge in [0.25, 0.3) is 0 Å². The van der Waals surface area contributed by atoms with Crippen molar-refractivity contribution in [2.45, 2.75) is 37.5 Å². The molecule has 4 nitrogen and oxygen atoms in total. The highest BCUT2D eigenvalue weighted by atomic mass is 32.2. The predicted molar refractivity (Wildman–Crippen MR) is 124 cm³/mol. The van der Waals surface area contributed by atoms with Gasteiger partial charge in [0.05, 0.1) is 21.8 Å². The second-order valence-electron chi connectivity index (χ2n) is 7.57. The van der Waals surface area contributed by atoms with Gasteiger partial charge in [0.15, 0.2) is 0 Å². The van der Waals surface area contributed by atoms with Crippen LogP contribution < -0.4 is 4.74 Å². The Morgan fingerprint density at radius 2 is 1.58 bits per heavy atom. The number of esters is 1. The second kappa shape index (κ2) is 8.82. The summed E-state index contributed by atoms with van der Waals surface area (Å²) in [6, 6.07) is 23.6. The number of rotatable bonds is 5. The van der Waals surface area contributed by atoms with Crippen molar-refractivity contribution in [2.75, 3.05) is 0 Å². The molecule has 0 saturated heterocycles. The molecule has 0 fully saturated rings. The first-order valence-corrected chi connectivity index (χ1v) is 10.9. The van der Waals surface area contributed by atoms with Crippen LogP contribution in [0.4, 0.5) is 0 Å². The Balaban J connectivity index is 1.76. The van der Waals surface area contributed by atoms with Crippen LogP contribution in [0.2, 0.25) is 0 Å². The summed E-state index contributed by atoms with van der Waals surface area (Å²) in [7, 11) is 0. The number of carbonyl (C=O) groups is 1. The minimum absolute atomic E-state index is 0.397. The van der Waals surface area contributed by atoms with Gasteiger partial charge in [-0.15, -0.1) is 0 Å². The molecule has 0 saturated carbocycles. The molecule has 0 unspecified atom stereocenters. The van der Waals surface area contributed by atoms with Crippen LogP contribution in [-0.2, 0) is 0 Å². The molecule has 3 aromatic carbocycles. The van der Waals surface area contributed by atoms with Crippen molar-refractivity contribution in [3.63, 3.8) is 0 Å². The number of ether oxygens (including phenoxy) is 1. The Hall–Kier alpha value is -3.31. The van der Waals surface area contributed by atoms with Crippen molar-refractivity contribution in [1.82, 2.24) is 9.78 Å². The Kier molecular flexibility index (Phi) is 5.96. The highest BCUT2D eigenvalue weighted by Crippen LogP contribution is 2.39. The van der Waals surface area contributed by atoms with E-state index in [-0.39, 0.29) is 0 Å². The average molecular weight is 429 g/mol. The van der Waals surface area contributed by atoms with Crippen LogP contribution in [0.5, 0.6) is 5.88 Å². The van der Waals surface area contributed by atoms with Crippen LogP contribution in [0.1, 0.15) is 32.7 Å². The number of carbonyl (C=O) groups excluding carboxylic acids is 1. The highest BCUT2D eigenvalue weighted by Gasteiger charge is 2.23. The predicted octanol–water partition coefficient (Wildman–Crippen LogP) is 6.48. The number of benzene rings is 3. The molecule has 0 spiro atoms. The summed E-state index contributed by atoms with van der Waals surface area (Å²) in [6.45, 7) is 8.00. The van der Waals surface area contributed by atoms with Gasteiger partial charge in [-0.3, -0.25) is 0 Å². The third-order valence-electron chi connectivity index (χ3n) is 5.14. The van der Waals surface area contributed by atoms with Crippen molar-refractivity contribution in [1.29, 1.82) is 0 Å². The lowest BCUT2D eigenvalue weighted by molar-refractivity contribution is 0.0718. The van der Waals surface area contributed by atoms with E-state index in [0.29, 0.717) is 11.4 Å². The van der Waals surface area contributed by atoms with Crippen LogP contribution in [-0.4, -0.2) is 15.7 Å². The van der Waals surface area contributed by atoms with Crippen LogP contribution in [0.25, 0.3) is 5.69 Å². The van der Waals surface area contributed by atoms with Gasteiger partial charge < -0.3 is 4.74 Å². The van der Waals surface area contributed by atoms with E-state index >= 15 is 0 Å². The number of para-hydroxylation sites is 1. The molecule has 4 aromatic rings. The molecule has 0 radical (unpaired) electrons. The molecule has 0 bridgehead atoms. The Bertz CT molecular complexity index is 1230. The highest BCUT2D eigenvalue weighted by molar-refractivity contribution is 7.99. The van der Waals surface area contributed by atoms with Gasteiger partial charge in [-0.1, -0.05) is 53.7 Å². The minimum atomic E-state index is -0.397. The first-order valence-electron chi connectivity index (χ1n) is 10.1. The van der Waals surface area contributed by atoms with Gasteiger partial charge in [-0.25, -0.2) is 4.79 Å². The first-order chi connectivity index (χ1) is 14.9. The number of aromatic nitrogens is 2. The standard InChI is InChI=1S/C26H24N2O2S/c1-17-10-14-23(15-11-17)31-24-20(4)27-28(22-8-6-5-7-9-22)25(24)30-26(29)21-13-12-18(2)19(3)16-21/h5-16H,1-4H3. The molecule has 0 aliphatic carbocycles. The van der Waals surface area contributed by atoms with E-state index in [1.54, 1.807) is 22.5 Å². The lowest BCUT2D eigenvalue weighted by atomic mass is 10.1. The molecule has 156 valence electrons. The summed E-state index contributed by atoms with van der Waals surface area (Å²) in [5, 5.41) is 4.69. The van der Waals surface area contributed by atoms with E-state index in [9.17, 15) is 4.79 Å². The molecule has 1 aromatic heterocycles. The quantitative estimate of drug-likeness (QED) is 0.341.